The number of nitrogens with one attached hydrogen (secondary N) is 1. The average Bonchev–Trinajstić information content (AvgIpc) is 3.15. The van der Waals surface area contributed by atoms with E-state index in [2.05, 4.69) is 6.92 Å². The maximum Gasteiger partial charge on any atom is 0.295 e. The van der Waals surface area contributed by atoms with Gasteiger partial charge in [0.05, 0.1) is 33.3 Å². The summed E-state index contributed by atoms with van der Waals surface area (Å²) in [5.74, 6) is -0.206. The third kappa shape index (κ3) is 6.07. The number of Topliss-reactive ketones (excluding diaryl/α,β-unsaturated/α-hetero) is 1. The molecule has 0 saturated carbocycles. The average molecular weight is 509 g/mol. The van der Waals surface area contributed by atoms with E-state index in [1.807, 2.05) is 38.4 Å². The molecule has 0 spiro atoms. The first kappa shape index (κ1) is 26.5. The van der Waals surface area contributed by atoms with Crippen molar-refractivity contribution in [2.24, 2.45) is 0 Å². The molecule has 2 heterocycles. The van der Waals surface area contributed by atoms with Crippen molar-refractivity contribution >= 4 is 17.4 Å². The number of likely N-dealkylation sites (tertiary alicyclic amines) is 1. The predicted octanol–water partition coefficient (Wildman–Crippen LogP) is 1.79. The molecular weight excluding hydrogens is 472 g/mol. The van der Waals surface area contributed by atoms with Crippen molar-refractivity contribution in [1.29, 1.82) is 0 Å². The van der Waals surface area contributed by atoms with Crippen LogP contribution in [0.5, 0.6) is 17.2 Å². The number of benzene rings is 2. The van der Waals surface area contributed by atoms with Gasteiger partial charge in [-0.1, -0.05) is 43.7 Å². The van der Waals surface area contributed by atoms with Gasteiger partial charge in [0.25, 0.3) is 5.91 Å². The number of quaternary nitrogens is 1. The number of nitrogens with zero attached hydrogens (tertiary/aromatic N) is 1. The van der Waals surface area contributed by atoms with Crippen molar-refractivity contribution in [3.8, 4) is 17.2 Å². The van der Waals surface area contributed by atoms with Crippen LogP contribution in [0.25, 0.3) is 5.76 Å². The minimum absolute atomic E-state index is 0.0398. The number of amides is 1. The van der Waals surface area contributed by atoms with Gasteiger partial charge in [-0.15, -0.1) is 0 Å². The van der Waals surface area contributed by atoms with E-state index < -0.39 is 23.5 Å². The highest BCUT2D eigenvalue weighted by Crippen LogP contribution is 2.41. The van der Waals surface area contributed by atoms with E-state index in [0.717, 1.165) is 25.8 Å². The Labute approximate surface area is 218 Å². The van der Waals surface area contributed by atoms with Crippen molar-refractivity contribution in [3.05, 3.63) is 59.2 Å². The highest BCUT2D eigenvalue weighted by Gasteiger charge is 2.44. The Morgan fingerprint density at radius 1 is 1.05 bits per heavy atom. The summed E-state index contributed by atoms with van der Waals surface area (Å²) in [6, 6.07) is 11.5. The maximum absolute atomic E-state index is 13.8. The number of ether oxygens (including phenoxy) is 3. The van der Waals surface area contributed by atoms with Gasteiger partial charge in [0.2, 0.25) is 5.78 Å². The maximum atomic E-state index is 13.8. The quantitative estimate of drug-likeness (QED) is 0.215. The summed E-state index contributed by atoms with van der Waals surface area (Å²) in [4.78, 5) is 29.3. The molecule has 8 nitrogen and oxygen atoms in total. The molecule has 1 atom stereocenters. The molecule has 198 valence electrons. The van der Waals surface area contributed by atoms with Gasteiger partial charge < -0.3 is 29.1 Å². The lowest BCUT2D eigenvalue weighted by Crippen LogP contribution is -3.05. The molecule has 1 unspecified atom stereocenters. The second kappa shape index (κ2) is 12.1. The predicted molar refractivity (Wildman–Crippen MR) is 138 cm³/mol. The van der Waals surface area contributed by atoms with E-state index >= 15 is 0 Å². The first-order valence-electron chi connectivity index (χ1n) is 13.1. The molecule has 1 saturated heterocycles. The van der Waals surface area contributed by atoms with Crippen LogP contribution in [0.1, 0.15) is 49.8 Å². The van der Waals surface area contributed by atoms with Gasteiger partial charge >= 0.3 is 0 Å². The summed E-state index contributed by atoms with van der Waals surface area (Å²) in [7, 11) is 4.08. The Morgan fingerprint density at radius 3 is 2.59 bits per heavy atom. The Balaban J connectivity index is 1.72. The fraction of sp³-hybridized carbons (Fsp3) is 0.448. The Hall–Kier alpha value is -3.52. The zero-order valence-electron chi connectivity index (χ0n) is 21.9. The summed E-state index contributed by atoms with van der Waals surface area (Å²) in [6.45, 7) is 4.75. The summed E-state index contributed by atoms with van der Waals surface area (Å²) in [5, 5.41) is 13.8. The molecule has 2 aliphatic rings. The van der Waals surface area contributed by atoms with E-state index in [-0.39, 0.29) is 11.1 Å². The lowest BCUT2D eigenvalue weighted by molar-refractivity contribution is -0.858. The lowest BCUT2D eigenvalue weighted by Gasteiger charge is -2.28. The number of fused-ring (bicyclic) bond motifs is 1. The minimum atomic E-state index is -0.781. The van der Waals surface area contributed by atoms with E-state index in [4.69, 9.17) is 14.2 Å². The van der Waals surface area contributed by atoms with Crippen LogP contribution in [0.4, 0.5) is 0 Å². The van der Waals surface area contributed by atoms with Crippen LogP contribution in [0.15, 0.2) is 48.0 Å². The van der Waals surface area contributed by atoms with Crippen LogP contribution in [-0.2, 0) is 9.59 Å². The molecule has 1 N–H and O–H groups in total. The third-order valence-electron chi connectivity index (χ3n) is 6.60. The number of hydrogen-bond acceptors (Lipinski definition) is 6. The second-order valence-corrected chi connectivity index (χ2v) is 9.77. The molecule has 0 radical (unpaired) electrons. The standard InChI is InChI=1S/C29H36N2O6/c1-4-5-6-15-35-22-10-7-9-20(18-22)26-25(28(33)29(34)31(26)14-8-13-30(2)3)27(32)21-11-12-23-24(19-21)37-17-16-36-23/h7,9-12,18-19,26,32H,4-6,8,13-17H2,1-3H3. The molecule has 4 rings (SSSR count). The van der Waals surface area contributed by atoms with Gasteiger partial charge in [0.1, 0.15) is 19.0 Å². The molecular formula is C29H36N2O6. The third-order valence-corrected chi connectivity index (χ3v) is 6.60. The highest BCUT2D eigenvalue weighted by atomic mass is 16.6. The van der Waals surface area contributed by atoms with Crippen LogP contribution >= 0.6 is 0 Å². The first-order chi connectivity index (χ1) is 17.9. The van der Waals surface area contributed by atoms with Crippen LogP contribution in [0, 0.1) is 0 Å². The summed E-state index contributed by atoms with van der Waals surface area (Å²) in [5.41, 5.74) is 0.934. The Bertz CT molecular complexity index is 1160. The molecule has 37 heavy (non-hydrogen) atoms. The molecule has 8 heteroatoms. The SMILES string of the molecule is CCCCCOc1cccc(C2C(=C([O-])c3ccc4c(c3)OCCO4)C(=O)C(=O)N2CCC[NH+](C)C)c1. The molecule has 2 aromatic carbocycles. The molecule has 2 aromatic rings. The Morgan fingerprint density at radius 2 is 1.84 bits per heavy atom. The van der Waals surface area contributed by atoms with E-state index in [1.165, 1.54) is 9.80 Å². The fourth-order valence-electron chi connectivity index (χ4n) is 4.71. The highest BCUT2D eigenvalue weighted by molar-refractivity contribution is 6.46. The van der Waals surface area contributed by atoms with Crippen molar-refractivity contribution in [2.45, 2.75) is 38.6 Å². The van der Waals surface area contributed by atoms with Crippen molar-refractivity contribution < 1.29 is 33.8 Å². The van der Waals surface area contributed by atoms with E-state index in [0.29, 0.717) is 55.6 Å². The largest absolute Gasteiger partial charge is 0.872 e. The monoisotopic (exact) mass is 508 g/mol. The van der Waals surface area contributed by atoms with Gasteiger partial charge in [-0.25, -0.2) is 0 Å². The first-order valence-corrected chi connectivity index (χ1v) is 13.1. The number of carbonyl (C=O) groups is 2. The summed E-state index contributed by atoms with van der Waals surface area (Å²) >= 11 is 0. The lowest BCUT2D eigenvalue weighted by atomic mass is 9.95. The number of unbranched alkanes of at least 4 members (excludes halogenated alkanes) is 2. The minimum Gasteiger partial charge on any atom is -0.872 e. The van der Waals surface area contributed by atoms with Crippen LogP contribution < -0.4 is 24.2 Å². The van der Waals surface area contributed by atoms with Gasteiger partial charge in [-0.3, -0.25) is 9.59 Å². The number of ketones is 1. The van der Waals surface area contributed by atoms with Gasteiger partial charge in [-0.2, -0.15) is 0 Å². The smallest absolute Gasteiger partial charge is 0.295 e. The molecule has 1 fully saturated rings. The topological polar surface area (TPSA) is 92.6 Å². The Kier molecular flexibility index (Phi) is 8.71. The second-order valence-electron chi connectivity index (χ2n) is 9.77. The molecule has 0 bridgehead atoms. The molecule has 0 aromatic heterocycles. The number of carbonyl (C=O) groups excluding carboxylic acids is 2. The van der Waals surface area contributed by atoms with Crippen molar-refractivity contribution in [1.82, 2.24) is 4.90 Å². The van der Waals surface area contributed by atoms with E-state index in [9.17, 15) is 14.7 Å². The van der Waals surface area contributed by atoms with Crippen LogP contribution in [0.2, 0.25) is 0 Å². The van der Waals surface area contributed by atoms with E-state index in [1.54, 1.807) is 18.2 Å². The normalized spacial score (nSPS) is 18.5. The molecule has 1 amide bonds. The van der Waals surface area contributed by atoms with Crippen LogP contribution in [0.3, 0.4) is 0 Å². The molecule has 2 aliphatic heterocycles. The molecule has 0 aliphatic carbocycles. The summed E-state index contributed by atoms with van der Waals surface area (Å²) < 4.78 is 17.1. The van der Waals surface area contributed by atoms with Gasteiger partial charge in [0, 0.05) is 18.5 Å². The van der Waals surface area contributed by atoms with Gasteiger partial charge in [0.15, 0.2) is 11.5 Å². The fourth-order valence-corrected chi connectivity index (χ4v) is 4.71. The zero-order valence-corrected chi connectivity index (χ0v) is 21.9. The number of rotatable bonds is 11. The summed E-state index contributed by atoms with van der Waals surface area (Å²) in [6.07, 6.45) is 3.82. The van der Waals surface area contributed by atoms with Crippen LogP contribution in [-0.4, -0.2) is 63.6 Å². The number of hydrogen-bond donors (Lipinski definition) is 1. The van der Waals surface area contributed by atoms with Crippen molar-refractivity contribution in [2.75, 3.05) is 47.0 Å². The van der Waals surface area contributed by atoms with Crippen molar-refractivity contribution in [3.63, 3.8) is 0 Å². The van der Waals surface area contributed by atoms with Gasteiger partial charge in [-0.05, 0) is 41.8 Å². The zero-order chi connectivity index (χ0) is 26.4.